The standard InChI is InChI=1S/C11H11N5O2/c12-7-1-2-8-13-9(6-15(8)5-7)16-4-3-10(17)14-11(16)18/h1-2,5-6H,3-4,12H2,(H,14,17,18). The van der Waals surface area contributed by atoms with Gasteiger partial charge in [0.2, 0.25) is 5.91 Å². The van der Waals surface area contributed by atoms with E-state index in [1.54, 1.807) is 28.9 Å². The second kappa shape index (κ2) is 3.73. The van der Waals surface area contributed by atoms with Gasteiger partial charge in [0.25, 0.3) is 0 Å². The minimum Gasteiger partial charge on any atom is -0.398 e. The van der Waals surface area contributed by atoms with E-state index < -0.39 is 6.03 Å². The molecule has 2 aromatic heterocycles. The van der Waals surface area contributed by atoms with Gasteiger partial charge in [-0.1, -0.05) is 0 Å². The molecule has 1 saturated heterocycles. The molecule has 7 nitrogen and oxygen atoms in total. The molecular weight excluding hydrogens is 234 g/mol. The molecular formula is C11H11N5O2. The van der Waals surface area contributed by atoms with Crippen molar-refractivity contribution in [3.63, 3.8) is 0 Å². The van der Waals surface area contributed by atoms with E-state index in [0.29, 0.717) is 23.7 Å². The molecule has 0 bridgehead atoms. The summed E-state index contributed by atoms with van der Waals surface area (Å²) >= 11 is 0. The molecule has 3 heterocycles. The fourth-order valence-corrected chi connectivity index (χ4v) is 1.91. The van der Waals surface area contributed by atoms with Crippen molar-refractivity contribution in [2.24, 2.45) is 0 Å². The highest BCUT2D eigenvalue weighted by molar-refractivity contribution is 6.05. The van der Waals surface area contributed by atoms with E-state index in [1.807, 2.05) is 0 Å². The number of nitrogens with zero attached hydrogens (tertiary/aromatic N) is 3. The lowest BCUT2D eigenvalue weighted by molar-refractivity contribution is -0.120. The largest absolute Gasteiger partial charge is 0.398 e. The van der Waals surface area contributed by atoms with Crippen LogP contribution in [-0.2, 0) is 4.79 Å². The van der Waals surface area contributed by atoms with Crippen LogP contribution in [0, 0.1) is 0 Å². The normalized spacial score (nSPS) is 16.1. The third-order valence-corrected chi connectivity index (χ3v) is 2.79. The number of carbonyl (C=O) groups excluding carboxylic acids is 2. The predicted octanol–water partition coefficient (Wildman–Crippen LogP) is 0.363. The summed E-state index contributed by atoms with van der Waals surface area (Å²) in [6.45, 7) is 0.337. The van der Waals surface area contributed by atoms with Gasteiger partial charge in [-0.3, -0.25) is 15.0 Å². The number of urea groups is 1. The highest BCUT2D eigenvalue weighted by atomic mass is 16.2. The second-order valence-electron chi connectivity index (χ2n) is 4.08. The van der Waals surface area contributed by atoms with Crippen LogP contribution >= 0.6 is 0 Å². The zero-order chi connectivity index (χ0) is 12.7. The van der Waals surface area contributed by atoms with Crippen LogP contribution in [0.25, 0.3) is 5.65 Å². The van der Waals surface area contributed by atoms with Crippen LogP contribution < -0.4 is 16.0 Å². The van der Waals surface area contributed by atoms with Crippen molar-refractivity contribution < 1.29 is 9.59 Å². The molecule has 18 heavy (non-hydrogen) atoms. The van der Waals surface area contributed by atoms with E-state index in [9.17, 15) is 9.59 Å². The number of pyridine rings is 1. The number of amides is 3. The monoisotopic (exact) mass is 245 g/mol. The fourth-order valence-electron chi connectivity index (χ4n) is 1.91. The zero-order valence-electron chi connectivity index (χ0n) is 9.46. The highest BCUT2D eigenvalue weighted by Gasteiger charge is 2.25. The van der Waals surface area contributed by atoms with Gasteiger partial charge in [0.05, 0.1) is 6.20 Å². The lowest BCUT2D eigenvalue weighted by Gasteiger charge is -2.24. The number of imide groups is 1. The number of anilines is 2. The van der Waals surface area contributed by atoms with Crippen molar-refractivity contribution in [2.45, 2.75) is 6.42 Å². The first-order valence-electron chi connectivity index (χ1n) is 5.49. The number of imidazole rings is 1. The minimum absolute atomic E-state index is 0.260. The molecule has 3 rings (SSSR count). The average molecular weight is 245 g/mol. The summed E-state index contributed by atoms with van der Waals surface area (Å²) in [5, 5.41) is 2.26. The van der Waals surface area contributed by atoms with Gasteiger partial charge in [-0.05, 0) is 12.1 Å². The fraction of sp³-hybridized carbons (Fsp3) is 0.182. The van der Waals surface area contributed by atoms with Crippen LogP contribution in [0.2, 0.25) is 0 Å². The van der Waals surface area contributed by atoms with Crippen molar-refractivity contribution in [2.75, 3.05) is 17.2 Å². The van der Waals surface area contributed by atoms with Crippen LogP contribution in [-0.4, -0.2) is 27.9 Å². The van der Waals surface area contributed by atoms with Crippen LogP contribution in [0.3, 0.4) is 0 Å². The van der Waals surface area contributed by atoms with E-state index in [-0.39, 0.29) is 12.3 Å². The van der Waals surface area contributed by atoms with Crippen LogP contribution in [0.1, 0.15) is 6.42 Å². The molecule has 1 aliphatic heterocycles. The third-order valence-electron chi connectivity index (χ3n) is 2.79. The van der Waals surface area contributed by atoms with E-state index in [2.05, 4.69) is 10.3 Å². The number of nitrogen functional groups attached to an aromatic ring is 1. The van der Waals surface area contributed by atoms with Gasteiger partial charge in [-0.25, -0.2) is 9.78 Å². The molecule has 1 aliphatic rings. The van der Waals surface area contributed by atoms with Gasteiger partial charge in [0.15, 0.2) is 5.82 Å². The summed E-state index contributed by atoms with van der Waals surface area (Å²) in [6.07, 6.45) is 3.71. The topological polar surface area (TPSA) is 92.7 Å². The van der Waals surface area contributed by atoms with Crippen LogP contribution in [0.5, 0.6) is 0 Å². The molecule has 0 unspecified atom stereocenters. The Kier molecular flexibility index (Phi) is 2.19. The quantitative estimate of drug-likeness (QED) is 0.758. The number of nitrogens with one attached hydrogen (secondary N) is 1. The van der Waals surface area contributed by atoms with Gasteiger partial charge in [-0.2, -0.15) is 0 Å². The molecule has 7 heteroatoms. The summed E-state index contributed by atoms with van der Waals surface area (Å²) < 4.78 is 1.74. The summed E-state index contributed by atoms with van der Waals surface area (Å²) in [5.74, 6) is 0.245. The summed E-state index contributed by atoms with van der Waals surface area (Å²) in [7, 11) is 0. The second-order valence-corrected chi connectivity index (χ2v) is 4.08. The number of hydrogen-bond acceptors (Lipinski definition) is 4. The van der Waals surface area contributed by atoms with Crippen LogP contribution in [0.15, 0.2) is 24.5 Å². The molecule has 0 radical (unpaired) electrons. The Labute approximate surface area is 102 Å². The molecule has 0 aliphatic carbocycles. The summed E-state index contributed by atoms with van der Waals surface area (Å²) in [6, 6.07) is 3.07. The average Bonchev–Trinajstić information content (AvgIpc) is 2.71. The molecule has 2 aromatic rings. The highest BCUT2D eigenvalue weighted by Crippen LogP contribution is 2.18. The molecule has 92 valence electrons. The van der Waals surface area contributed by atoms with Gasteiger partial charge >= 0.3 is 6.03 Å². The molecule has 0 saturated carbocycles. The number of rotatable bonds is 1. The first kappa shape index (κ1) is 10.6. The molecule has 0 aromatic carbocycles. The van der Waals surface area contributed by atoms with E-state index >= 15 is 0 Å². The lowest BCUT2D eigenvalue weighted by atomic mass is 10.3. The van der Waals surface area contributed by atoms with E-state index in [1.165, 1.54) is 4.90 Å². The lowest BCUT2D eigenvalue weighted by Crippen LogP contribution is -2.49. The number of aromatic nitrogens is 2. The first-order chi connectivity index (χ1) is 8.63. The zero-order valence-corrected chi connectivity index (χ0v) is 9.46. The Hall–Kier alpha value is -2.57. The Morgan fingerprint density at radius 1 is 1.28 bits per heavy atom. The van der Waals surface area contributed by atoms with Crippen molar-refractivity contribution in [3.8, 4) is 0 Å². The summed E-state index contributed by atoms with van der Waals surface area (Å²) in [4.78, 5) is 28.5. The molecule has 3 N–H and O–H groups in total. The predicted molar refractivity (Wildman–Crippen MR) is 65.1 cm³/mol. The number of nitrogens with two attached hydrogens (primary N) is 1. The van der Waals surface area contributed by atoms with Crippen molar-refractivity contribution in [1.29, 1.82) is 0 Å². The van der Waals surface area contributed by atoms with E-state index in [0.717, 1.165) is 0 Å². The molecule has 0 atom stereocenters. The number of hydrogen-bond donors (Lipinski definition) is 2. The number of carbonyl (C=O) groups is 2. The Bertz CT molecular complexity index is 648. The van der Waals surface area contributed by atoms with Crippen molar-refractivity contribution in [3.05, 3.63) is 24.5 Å². The van der Waals surface area contributed by atoms with Crippen molar-refractivity contribution >= 4 is 29.1 Å². The molecule has 0 spiro atoms. The smallest absolute Gasteiger partial charge is 0.329 e. The molecule has 1 fully saturated rings. The van der Waals surface area contributed by atoms with E-state index in [4.69, 9.17) is 5.73 Å². The van der Waals surface area contributed by atoms with Gasteiger partial charge in [0, 0.05) is 24.8 Å². The third kappa shape index (κ3) is 1.65. The Morgan fingerprint density at radius 3 is 2.89 bits per heavy atom. The van der Waals surface area contributed by atoms with Crippen LogP contribution in [0.4, 0.5) is 16.3 Å². The maximum absolute atomic E-state index is 11.7. The number of fused-ring (bicyclic) bond motifs is 1. The minimum atomic E-state index is -0.442. The van der Waals surface area contributed by atoms with Gasteiger partial charge in [0.1, 0.15) is 5.65 Å². The summed E-state index contributed by atoms with van der Waals surface area (Å²) in [5.41, 5.74) is 6.98. The van der Waals surface area contributed by atoms with Gasteiger partial charge < -0.3 is 10.1 Å². The maximum atomic E-state index is 11.7. The van der Waals surface area contributed by atoms with Crippen molar-refractivity contribution in [1.82, 2.24) is 14.7 Å². The Morgan fingerprint density at radius 2 is 2.11 bits per heavy atom. The van der Waals surface area contributed by atoms with Gasteiger partial charge in [-0.15, -0.1) is 0 Å². The SMILES string of the molecule is Nc1ccc2nc(N3CCC(=O)NC3=O)cn2c1. The molecule has 3 amide bonds. The maximum Gasteiger partial charge on any atom is 0.329 e. The Balaban J connectivity index is 1.99. The first-order valence-corrected chi connectivity index (χ1v) is 5.49.